The number of carbonyl (C=O) groups excluding carboxylic acids is 1. The standard InChI is InChI=1S/C19H18O4S/c1-3-4-13-22-16-9-11-18(12-10-16)24-14-19(20)23-17-7-5-15(21-2)6-8-17/h5-12H,13-14H2,1-2H3. The van der Waals surface area contributed by atoms with Crippen molar-refractivity contribution in [2.45, 2.75) is 11.8 Å². The molecule has 124 valence electrons. The molecule has 2 aromatic rings. The molecule has 2 aromatic carbocycles. The summed E-state index contributed by atoms with van der Waals surface area (Å²) in [6.07, 6.45) is 0. The number of methoxy groups -OCH3 is 1. The number of rotatable bonds is 7. The van der Waals surface area contributed by atoms with Gasteiger partial charge in [0, 0.05) is 4.90 Å². The fourth-order valence-corrected chi connectivity index (χ4v) is 2.44. The first-order valence-corrected chi connectivity index (χ1v) is 8.30. The van der Waals surface area contributed by atoms with Gasteiger partial charge < -0.3 is 14.2 Å². The van der Waals surface area contributed by atoms with Crippen LogP contribution < -0.4 is 14.2 Å². The van der Waals surface area contributed by atoms with Crippen molar-refractivity contribution in [2.24, 2.45) is 0 Å². The zero-order chi connectivity index (χ0) is 17.2. The van der Waals surface area contributed by atoms with E-state index in [1.165, 1.54) is 11.8 Å². The molecule has 0 heterocycles. The first kappa shape index (κ1) is 17.8. The average molecular weight is 342 g/mol. The summed E-state index contributed by atoms with van der Waals surface area (Å²) in [6.45, 7) is 2.14. The molecule has 0 unspecified atom stereocenters. The number of ether oxygens (including phenoxy) is 3. The van der Waals surface area contributed by atoms with E-state index < -0.39 is 0 Å². The molecule has 0 amide bonds. The van der Waals surface area contributed by atoms with Crippen LogP contribution in [0.3, 0.4) is 0 Å². The number of esters is 1. The van der Waals surface area contributed by atoms with Crippen LogP contribution in [0.15, 0.2) is 53.4 Å². The van der Waals surface area contributed by atoms with Crippen LogP contribution in [0.5, 0.6) is 17.2 Å². The number of benzene rings is 2. The van der Waals surface area contributed by atoms with Gasteiger partial charge in [0.1, 0.15) is 23.9 Å². The smallest absolute Gasteiger partial charge is 0.321 e. The first-order valence-electron chi connectivity index (χ1n) is 7.31. The average Bonchev–Trinajstić information content (AvgIpc) is 2.62. The van der Waals surface area contributed by atoms with Gasteiger partial charge in [0.15, 0.2) is 0 Å². The van der Waals surface area contributed by atoms with Gasteiger partial charge in [-0.25, -0.2) is 0 Å². The van der Waals surface area contributed by atoms with Crippen molar-refractivity contribution < 1.29 is 19.0 Å². The highest BCUT2D eigenvalue weighted by Gasteiger charge is 2.06. The van der Waals surface area contributed by atoms with Crippen molar-refractivity contribution in [2.75, 3.05) is 19.5 Å². The van der Waals surface area contributed by atoms with Crippen molar-refractivity contribution >= 4 is 17.7 Å². The molecular formula is C19H18O4S. The quantitative estimate of drug-likeness (QED) is 0.331. The van der Waals surface area contributed by atoms with E-state index in [2.05, 4.69) is 11.8 Å². The molecule has 2 rings (SSSR count). The van der Waals surface area contributed by atoms with Crippen LogP contribution in [0, 0.1) is 11.8 Å². The lowest BCUT2D eigenvalue weighted by molar-refractivity contribution is -0.131. The van der Waals surface area contributed by atoms with Gasteiger partial charge in [0.2, 0.25) is 0 Å². The molecule has 0 bridgehead atoms. The highest BCUT2D eigenvalue weighted by molar-refractivity contribution is 8.00. The minimum absolute atomic E-state index is 0.230. The number of hydrogen-bond donors (Lipinski definition) is 0. The lowest BCUT2D eigenvalue weighted by Crippen LogP contribution is -2.10. The maximum Gasteiger partial charge on any atom is 0.321 e. The monoisotopic (exact) mass is 342 g/mol. The Bertz CT molecular complexity index is 712. The molecular weight excluding hydrogens is 324 g/mol. The van der Waals surface area contributed by atoms with E-state index in [0.29, 0.717) is 12.4 Å². The molecule has 0 saturated carbocycles. The Kier molecular flexibility index (Phi) is 7.06. The summed E-state index contributed by atoms with van der Waals surface area (Å²) in [7, 11) is 1.59. The van der Waals surface area contributed by atoms with Crippen LogP contribution in [0.25, 0.3) is 0 Å². The molecule has 24 heavy (non-hydrogen) atoms. The molecule has 0 aliphatic heterocycles. The van der Waals surface area contributed by atoms with E-state index >= 15 is 0 Å². The largest absolute Gasteiger partial charge is 0.497 e. The molecule has 0 radical (unpaired) electrons. The van der Waals surface area contributed by atoms with Crippen LogP contribution in [0.4, 0.5) is 0 Å². The summed E-state index contributed by atoms with van der Waals surface area (Å²) in [5.74, 6) is 7.51. The second-order valence-corrected chi connectivity index (χ2v) is 5.67. The van der Waals surface area contributed by atoms with Gasteiger partial charge in [0.25, 0.3) is 0 Å². The van der Waals surface area contributed by atoms with Gasteiger partial charge in [-0.3, -0.25) is 4.79 Å². The van der Waals surface area contributed by atoms with E-state index in [1.807, 2.05) is 24.3 Å². The number of thioether (sulfide) groups is 1. The number of hydrogen-bond acceptors (Lipinski definition) is 5. The van der Waals surface area contributed by atoms with Crippen LogP contribution in [0.2, 0.25) is 0 Å². The summed E-state index contributed by atoms with van der Waals surface area (Å²) in [6, 6.07) is 14.4. The minimum atomic E-state index is -0.302. The van der Waals surface area contributed by atoms with E-state index in [1.54, 1.807) is 38.3 Å². The third-order valence-corrected chi connectivity index (χ3v) is 3.94. The fraction of sp³-hybridized carbons (Fsp3) is 0.211. The molecule has 5 heteroatoms. The molecule has 0 saturated heterocycles. The van der Waals surface area contributed by atoms with Crippen molar-refractivity contribution in [3.8, 4) is 29.1 Å². The van der Waals surface area contributed by atoms with E-state index in [4.69, 9.17) is 14.2 Å². The Labute approximate surface area is 146 Å². The minimum Gasteiger partial charge on any atom is -0.497 e. The van der Waals surface area contributed by atoms with Crippen LogP contribution >= 0.6 is 11.8 Å². The van der Waals surface area contributed by atoms with Crippen LogP contribution in [-0.4, -0.2) is 25.4 Å². The normalized spacial score (nSPS) is 9.58. The predicted octanol–water partition coefficient (Wildman–Crippen LogP) is 3.80. The zero-order valence-electron chi connectivity index (χ0n) is 13.6. The Morgan fingerprint density at radius 1 is 1.00 bits per heavy atom. The van der Waals surface area contributed by atoms with Gasteiger partial charge in [-0.1, -0.05) is 5.92 Å². The molecule has 0 fully saturated rings. The van der Waals surface area contributed by atoms with Crippen LogP contribution in [0.1, 0.15) is 6.92 Å². The predicted molar refractivity (Wildman–Crippen MR) is 94.7 cm³/mol. The summed E-state index contributed by atoms with van der Waals surface area (Å²) >= 11 is 1.41. The maximum atomic E-state index is 11.9. The third-order valence-electron chi connectivity index (χ3n) is 2.96. The molecule has 0 N–H and O–H groups in total. The van der Waals surface area contributed by atoms with Crippen LogP contribution in [-0.2, 0) is 4.79 Å². The molecule has 4 nitrogen and oxygen atoms in total. The molecule has 0 aromatic heterocycles. The third kappa shape index (κ3) is 5.90. The molecule has 0 aliphatic carbocycles. The van der Waals surface area contributed by atoms with Crippen molar-refractivity contribution in [3.63, 3.8) is 0 Å². The molecule has 0 aliphatic rings. The maximum absolute atomic E-state index is 11.9. The Balaban J connectivity index is 1.79. The molecule has 0 spiro atoms. The lowest BCUT2D eigenvalue weighted by atomic mass is 10.3. The summed E-state index contributed by atoms with van der Waals surface area (Å²) in [4.78, 5) is 12.8. The first-order chi connectivity index (χ1) is 11.7. The Morgan fingerprint density at radius 3 is 2.25 bits per heavy atom. The highest BCUT2D eigenvalue weighted by Crippen LogP contribution is 2.22. The molecule has 0 atom stereocenters. The number of carbonyl (C=O) groups is 1. The summed E-state index contributed by atoms with van der Waals surface area (Å²) in [5.41, 5.74) is 0. The highest BCUT2D eigenvalue weighted by atomic mass is 32.2. The zero-order valence-corrected chi connectivity index (χ0v) is 14.4. The van der Waals surface area contributed by atoms with Gasteiger partial charge in [-0.2, -0.15) is 0 Å². The van der Waals surface area contributed by atoms with Gasteiger partial charge >= 0.3 is 5.97 Å². The summed E-state index contributed by atoms with van der Waals surface area (Å²) in [5, 5.41) is 0. The van der Waals surface area contributed by atoms with Gasteiger partial charge in [-0.05, 0) is 55.5 Å². The SMILES string of the molecule is CC#CCOc1ccc(SCC(=O)Oc2ccc(OC)cc2)cc1. The lowest BCUT2D eigenvalue weighted by Gasteiger charge is -2.06. The van der Waals surface area contributed by atoms with Crippen molar-refractivity contribution in [3.05, 3.63) is 48.5 Å². The van der Waals surface area contributed by atoms with E-state index in [0.717, 1.165) is 16.4 Å². The topological polar surface area (TPSA) is 44.8 Å². The van der Waals surface area contributed by atoms with Crippen molar-refractivity contribution in [1.29, 1.82) is 0 Å². The fourth-order valence-electron chi connectivity index (χ4n) is 1.77. The van der Waals surface area contributed by atoms with E-state index in [-0.39, 0.29) is 11.7 Å². The second kappa shape index (κ2) is 9.53. The Morgan fingerprint density at radius 2 is 1.62 bits per heavy atom. The summed E-state index contributed by atoms with van der Waals surface area (Å²) < 4.78 is 15.8. The van der Waals surface area contributed by atoms with Crippen molar-refractivity contribution in [1.82, 2.24) is 0 Å². The van der Waals surface area contributed by atoms with E-state index in [9.17, 15) is 4.79 Å². The second-order valence-electron chi connectivity index (χ2n) is 4.63. The van der Waals surface area contributed by atoms with Gasteiger partial charge in [0.05, 0.1) is 12.9 Å². The van der Waals surface area contributed by atoms with Gasteiger partial charge in [-0.15, -0.1) is 17.7 Å². The Hall–Kier alpha value is -2.58.